The maximum atomic E-state index is 5.45. The molecule has 0 radical (unpaired) electrons. The Hall–Kier alpha value is 0.120. The normalized spacial score (nSPS) is 15.2. The summed E-state index contributed by atoms with van der Waals surface area (Å²) >= 11 is 0. The molecule has 3 heteroatoms. The standard InChI is InChI=1S/C9H16OP2/c1-4-6-7-8(3)9(5-2)10-12-11/h5,8-9,12H,2,7,11H2,1,3H3. The zero-order valence-corrected chi connectivity index (χ0v) is 9.79. The zero-order chi connectivity index (χ0) is 9.40. The molecule has 0 bridgehead atoms. The third-order valence-corrected chi connectivity index (χ3v) is 2.41. The van der Waals surface area contributed by atoms with E-state index in [1.54, 1.807) is 0 Å². The summed E-state index contributed by atoms with van der Waals surface area (Å²) in [7, 11) is 3.01. The van der Waals surface area contributed by atoms with Gasteiger partial charge in [0.25, 0.3) is 0 Å². The van der Waals surface area contributed by atoms with Crippen LogP contribution in [0.3, 0.4) is 0 Å². The van der Waals surface area contributed by atoms with Crippen molar-refractivity contribution in [3.05, 3.63) is 12.7 Å². The van der Waals surface area contributed by atoms with Gasteiger partial charge in [0.2, 0.25) is 0 Å². The summed E-state index contributed by atoms with van der Waals surface area (Å²) in [5.74, 6) is 6.35. The number of hydrogen-bond donors (Lipinski definition) is 0. The second-order valence-corrected chi connectivity index (χ2v) is 3.72. The molecule has 0 aromatic heterocycles. The Morgan fingerprint density at radius 2 is 2.42 bits per heavy atom. The molecule has 0 saturated carbocycles. The first-order valence-electron chi connectivity index (χ1n) is 3.89. The average molecular weight is 202 g/mol. The van der Waals surface area contributed by atoms with Crippen molar-refractivity contribution in [3.8, 4) is 11.8 Å². The first kappa shape index (κ1) is 12.1. The lowest BCUT2D eigenvalue weighted by molar-refractivity contribution is 0.222. The molecule has 0 aliphatic rings. The molecule has 0 heterocycles. The molecule has 4 atom stereocenters. The molecule has 0 fully saturated rings. The van der Waals surface area contributed by atoms with E-state index in [9.17, 15) is 0 Å². The van der Waals surface area contributed by atoms with Gasteiger partial charge < -0.3 is 4.52 Å². The van der Waals surface area contributed by atoms with Gasteiger partial charge in [-0.25, -0.2) is 0 Å². The third-order valence-electron chi connectivity index (χ3n) is 1.60. The van der Waals surface area contributed by atoms with Crippen LogP contribution < -0.4 is 0 Å². The molecule has 4 unspecified atom stereocenters. The van der Waals surface area contributed by atoms with E-state index in [4.69, 9.17) is 4.52 Å². The largest absolute Gasteiger partial charge is 0.351 e. The van der Waals surface area contributed by atoms with Gasteiger partial charge in [0.15, 0.2) is 0 Å². The second-order valence-electron chi connectivity index (χ2n) is 2.54. The van der Waals surface area contributed by atoms with Gasteiger partial charge in [0.1, 0.15) is 0 Å². The highest BCUT2D eigenvalue weighted by molar-refractivity contribution is 8.00. The molecule has 1 nitrogen and oxygen atoms in total. The van der Waals surface area contributed by atoms with Gasteiger partial charge in [0, 0.05) is 14.9 Å². The highest BCUT2D eigenvalue weighted by atomic mass is 32.0. The van der Waals surface area contributed by atoms with E-state index < -0.39 is 0 Å². The minimum atomic E-state index is 0.140. The number of rotatable bonds is 5. The smallest absolute Gasteiger partial charge is 0.0831 e. The molecule has 0 aromatic rings. The van der Waals surface area contributed by atoms with Crippen LogP contribution in [0.5, 0.6) is 0 Å². The van der Waals surface area contributed by atoms with Crippen molar-refractivity contribution in [1.82, 2.24) is 0 Å². The summed E-state index contributed by atoms with van der Waals surface area (Å²) in [4.78, 5) is 0. The summed E-state index contributed by atoms with van der Waals surface area (Å²) in [6.45, 7) is 7.71. The van der Waals surface area contributed by atoms with Crippen molar-refractivity contribution in [2.45, 2.75) is 26.4 Å². The molecule has 0 aliphatic carbocycles. The van der Waals surface area contributed by atoms with Crippen LogP contribution in [-0.4, -0.2) is 6.10 Å². The van der Waals surface area contributed by atoms with Gasteiger partial charge in [0.05, 0.1) is 6.10 Å². The molecular formula is C9H16OP2. The summed E-state index contributed by atoms with van der Waals surface area (Å²) < 4.78 is 5.45. The van der Waals surface area contributed by atoms with Crippen LogP contribution in [0.4, 0.5) is 0 Å². The number of hydrogen-bond acceptors (Lipinski definition) is 1. The van der Waals surface area contributed by atoms with Crippen LogP contribution in [-0.2, 0) is 4.52 Å². The molecule has 0 rings (SSSR count). The maximum Gasteiger partial charge on any atom is 0.0831 e. The Labute approximate surface area is 79.3 Å². The van der Waals surface area contributed by atoms with Gasteiger partial charge in [-0.15, -0.1) is 18.4 Å². The monoisotopic (exact) mass is 202 g/mol. The van der Waals surface area contributed by atoms with E-state index in [1.165, 1.54) is 0 Å². The molecule has 0 N–H and O–H groups in total. The molecule has 0 spiro atoms. The van der Waals surface area contributed by atoms with Crippen molar-refractivity contribution >= 4 is 17.4 Å². The molecule has 0 amide bonds. The average Bonchev–Trinajstić information content (AvgIpc) is 2.10. The molecule has 0 aromatic carbocycles. The van der Waals surface area contributed by atoms with Crippen LogP contribution in [0, 0.1) is 17.8 Å². The predicted octanol–water partition coefficient (Wildman–Crippen LogP) is 2.99. The second kappa shape index (κ2) is 7.75. The zero-order valence-electron chi connectivity index (χ0n) is 7.63. The molecule has 0 saturated heterocycles. The van der Waals surface area contributed by atoms with E-state index in [1.807, 2.05) is 13.0 Å². The van der Waals surface area contributed by atoms with Crippen molar-refractivity contribution < 1.29 is 4.52 Å². The van der Waals surface area contributed by atoms with Gasteiger partial charge in [-0.1, -0.05) is 21.9 Å². The summed E-state index contributed by atoms with van der Waals surface area (Å²) in [5, 5.41) is 0. The van der Waals surface area contributed by atoms with Crippen molar-refractivity contribution in [2.75, 3.05) is 0 Å². The van der Waals surface area contributed by atoms with Crippen molar-refractivity contribution in [2.24, 2.45) is 5.92 Å². The first-order valence-corrected chi connectivity index (χ1v) is 6.61. The van der Waals surface area contributed by atoms with E-state index >= 15 is 0 Å². The quantitative estimate of drug-likeness (QED) is 0.378. The van der Waals surface area contributed by atoms with E-state index in [0.717, 1.165) is 6.42 Å². The topological polar surface area (TPSA) is 9.23 Å². The molecule has 12 heavy (non-hydrogen) atoms. The highest BCUT2D eigenvalue weighted by Gasteiger charge is 2.12. The predicted molar refractivity (Wildman–Crippen MR) is 60.3 cm³/mol. The van der Waals surface area contributed by atoms with Crippen molar-refractivity contribution in [1.29, 1.82) is 0 Å². The van der Waals surface area contributed by atoms with Crippen LogP contribution in [0.2, 0.25) is 0 Å². The minimum Gasteiger partial charge on any atom is -0.351 e. The minimum absolute atomic E-state index is 0.140. The van der Waals surface area contributed by atoms with Crippen molar-refractivity contribution in [3.63, 3.8) is 0 Å². The van der Waals surface area contributed by atoms with E-state index in [0.29, 0.717) is 14.4 Å². The lowest BCUT2D eigenvalue weighted by Gasteiger charge is -2.17. The Balaban J connectivity index is 3.89. The maximum absolute atomic E-state index is 5.45. The van der Waals surface area contributed by atoms with Crippen LogP contribution in [0.1, 0.15) is 20.3 Å². The van der Waals surface area contributed by atoms with Crippen LogP contribution in [0.25, 0.3) is 0 Å². The Bertz CT molecular complexity index is 181. The molecule has 68 valence electrons. The lowest BCUT2D eigenvalue weighted by Crippen LogP contribution is -2.14. The highest BCUT2D eigenvalue weighted by Crippen LogP contribution is 2.27. The van der Waals surface area contributed by atoms with Crippen LogP contribution >= 0.6 is 17.4 Å². The third kappa shape index (κ3) is 4.89. The first-order chi connectivity index (χ1) is 5.76. The fourth-order valence-electron chi connectivity index (χ4n) is 0.854. The summed E-state index contributed by atoms with van der Waals surface area (Å²) in [6.07, 6.45) is 2.86. The molecule has 0 aliphatic heterocycles. The van der Waals surface area contributed by atoms with E-state index in [2.05, 4.69) is 34.3 Å². The van der Waals surface area contributed by atoms with Gasteiger partial charge in [-0.2, -0.15) is 0 Å². The Morgan fingerprint density at radius 3 is 2.83 bits per heavy atom. The summed E-state index contributed by atoms with van der Waals surface area (Å²) in [6, 6.07) is 0. The van der Waals surface area contributed by atoms with Crippen LogP contribution in [0.15, 0.2) is 12.7 Å². The van der Waals surface area contributed by atoms with E-state index in [-0.39, 0.29) is 6.10 Å². The Kier molecular flexibility index (Phi) is 7.83. The lowest BCUT2D eigenvalue weighted by atomic mass is 10.0. The SMILES string of the molecule is C=CC(OPP)C(C)CC#CC. The van der Waals surface area contributed by atoms with Gasteiger partial charge in [-0.3, -0.25) is 0 Å². The fraction of sp³-hybridized carbons (Fsp3) is 0.556. The van der Waals surface area contributed by atoms with Gasteiger partial charge >= 0.3 is 0 Å². The Morgan fingerprint density at radius 1 is 1.75 bits per heavy atom. The van der Waals surface area contributed by atoms with Gasteiger partial charge in [-0.05, 0) is 12.8 Å². The fourth-order valence-corrected chi connectivity index (χ4v) is 1.81. The summed E-state index contributed by atoms with van der Waals surface area (Å²) in [5.41, 5.74) is 0. The molecular weight excluding hydrogens is 186 g/mol.